The Balaban J connectivity index is 2.10. The summed E-state index contributed by atoms with van der Waals surface area (Å²) in [7, 11) is 3.07. The summed E-state index contributed by atoms with van der Waals surface area (Å²) >= 11 is 0. The number of aryl methyl sites for hydroxylation is 2. The van der Waals surface area contributed by atoms with E-state index < -0.39 is 12.1 Å². The molecule has 2 rings (SSSR count). The molecular formula is C22H24O5. The molecule has 2 aromatic rings. The predicted octanol–water partition coefficient (Wildman–Crippen LogP) is 4.15. The van der Waals surface area contributed by atoms with Crippen LogP contribution in [0.25, 0.3) is 6.08 Å². The number of hydrogen-bond donors (Lipinski definition) is 0. The van der Waals surface area contributed by atoms with E-state index in [-0.39, 0.29) is 5.78 Å². The average molecular weight is 368 g/mol. The highest BCUT2D eigenvalue weighted by Gasteiger charge is 2.20. The maximum atomic E-state index is 12.6. The summed E-state index contributed by atoms with van der Waals surface area (Å²) in [6.45, 7) is 5.34. The quantitative estimate of drug-likeness (QED) is 0.417. The minimum absolute atomic E-state index is 0.225. The first-order valence-corrected chi connectivity index (χ1v) is 8.58. The summed E-state index contributed by atoms with van der Waals surface area (Å²) in [6.07, 6.45) is 1.96. The van der Waals surface area contributed by atoms with Crippen LogP contribution in [0.1, 0.15) is 34.0 Å². The Bertz CT molecular complexity index is 867. The van der Waals surface area contributed by atoms with Gasteiger partial charge in [0.2, 0.25) is 5.78 Å². The SMILES string of the molecule is COc1cccc(/C=C/C(=O)O[C@@H](C)C(=O)c2cc(C)ccc2C)c1OC. The predicted molar refractivity (Wildman–Crippen MR) is 104 cm³/mol. The summed E-state index contributed by atoms with van der Waals surface area (Å²) in [5.41, 5.74) is 3.06. The summed E-state index contributed by atoms with van der Waals surface area (Å²) < 4.78 is 15.8. The minimum atomic E-state index is -0.880. The van der Waals surface area contributed by atoms with Gasteiger partial charge < -0.3 is 14.2 Å². The Labute approximate surface area is 159 Å². The van der Waals surface area contributed by atoms with Crippen molar-refractivity contribution in [1.82, 2.24) is 0 Å². The first kappa shape index (κ1) is 20.2. The van der Waals surface area contributed by atoms with E-state index in [0.717, 1.165) is 11.1 Å². The van der Waals surface area contributed by atoms with Crippen LogP contribution in [0.5, 0.6) is 11.5 Å². The highest BCUT2D eigenvalue weighted by Crippen LogP contribution is 2.31. The molecule has 0 aliphatic carbocycles. The van der Waals surface area contributed by atoms with E-state index in [2.05, 4.69) is 0 Å². The molecule has 0 bridgehead atoms. The molecule has 1 atom stereocenters. The molecular weight excluding hydrogens is 344 g/mol. The van der Waals surface area contributed by atoms with Crippen LogP contribution in [0.2, 0.25) is 0 Å². The fourth-order valence-electron chi connectivity index (χ4n) is 2.69. The molecule has 0 amide bonds. The van der Waals surface area contributed by atoms with E-state index in [4.69, 9.17) is 14.2 Å². The second kappa shape index (κ2) is 9.03. The zero-order valence-corrected chi connectivity index (χ0v) is 16.2. The lowest BCUT2D eigenvalue weighted by Gasteiger charge is -2.13. The van der Waals surface area contributed by atoms with Crippen molar-refractivity contribution in [2.45, 2.75) is 26.9 Å². The first-order chi connectivity index (χ1) is 12.9. The number of esters is 1. The van der Waals surface area contributed by atoms with Gasteiger partial charge in [-0.1, -0.05) is 29.8 Å². The van der Waals surface area contributed by atoms with Gasteiger partial charge in [0.1, 0.15) is 0 Å². The molecule has 0 radical (unpaired) electrons. The second-order valence-electron chi connectivity index (χ2n) is 6.18. The third-order valence-electron chi connectivity index (χ3n) is 4.15. The van der Waals surface area contributed by atoms with Gasteiger partial charge in [-0.2, -0.15) is 0 Å². The van der Waals surface area contributed by atoms with Crippen LogP contribution in [-0.4, -0.2) is 32.1 Å². The van der Waals surface area contributed by atoms with E-state index in [0.29, 0.717) is 22.6 Å². The second-order valence-corrected chi connectivity index (χ2v) is 6.18. The maximum absolute atomic E-state index is 12.6. The van der Waals surface area contributed by atoms with Crippen LogP contribution in [0.15, 0.2) is 42.5 Å². The van der Waals surface area contributed by atoms with Crippen LogP contribution in [0.4, 0.5) is 0 Å². The summed E-state index contributed by atoms with van der Waals surface area (Å²) in [5.74, 6) is 0.248. The van der Waals surface area contributed by atoms with Crippen molar-refractivity contribution in [1.29, 1.82) is 0 Å². The lowest BCUT2D eigenvalue weighted by Crippen LogP contribution is -2.24. The highest BCUT2D eigenvalue weighted by molar-refractivity contribution is 6.02. The van der Waals surface area contributed by atoms with E-state index in [1.54, 1.807) is 44.4 Å². The normalized spacial score (nSPS) is 11.9. The molecule has 0 heterocycles. The van der Waals surface area contributed by atoms with Gasteiger partial charge in [0, 0.05) is 17.2 Å². The largest absolute Gasteiger partial charge is 0.493 e. The van der Waals surface area contributed by atoms with Gasteiger partial charge in [-0.15, -0.1) is 0 Å². The standard InChI is InChI=1S/C22H24O5/c1-14-9-10-15(2)18(13-14)21(24)16(3)27-20(23)12-11-17-7-6-8-19(25-4)22(17)26-5/h6-13,16H,1-5H3/b12-11+/t16-/m0/s1. The molecule has 0 aliphatic rings. The van der Waals surface area contributed by atoms with Gasteiger partial charge in [-0.3, -0.25) is 4.79 Å². The zero-order chi connectivity index (χ0) is 20.0. The van der Waals surface area contributed by atoms with Crippen molar-refractivity contribution in [3.05, 3.63) is 64.7 Å². The molecule has 5 heteroatoms. The van der Waals surface area contributed by atoms with Crippen LogP contribution < -0.4 is 9.47 Å². The summed E-state index contributed by atoms with van der Waals surface area (Å²) in [5, 5.41) is 0. The number of hydrogen-bond acceptors (Lipinski definition) is 5. The van der Waals surface area contributed by atoms with Crippen molar-refractivity contribution < 1.29 is 23.8 Å². The van der Waals surface area contributed by atoms with Gasteiger partial charge >= 0.3 is 5.97 Å². The van der Waals surface area contributed by atoms with Gasteiger partial charge in [-0.25, -0.2) is 4.79 Å². The number of para-hydroxylation sites is 1. The Morgan fingerprint density at radius 1 is 1.04 bits per heavy atom. The molecule has 0 N–H and O–H groups in total. The number of ketones is 1. The number of Topliss-reactive ketones (excluding diaryl/α,β-unsaturated/α-hetero) is 1. The maximum Gasteiger partial charge on any atom is 0.331 e. The number of methoxy groups -OCH3 is 2. The van der Waals surface area contributed by atoms with Gasteiger partial charge in [0.15, 0.2) is 17.6 Å². The Kier molecular flexibility index (Phi) is 6.77. The summed E-state index contributed by atoms with van der Waals surface area (Å²) in [4.78, 5) is 24.7. The average Bonchev–Trinajstić information content (AvgIpc) is 2.67. The van der Waals surface area contributed by atoms with Crippen molar-refractivity contribution in [2.75, 3.05) is 14.2 Å². The monoisotopic (exact) mass is 368 g/mol. The number of carbonyl (C=O) groups is 2. The van der Waals surface area contributed by atoms with Gasteiger partial charge in [0.05, 0.1) is 14.2 Å². The van der Waals surface area contributed by atoms with Gasteiger partial charge in [-0.05, 0) is 44.5 Å². The third kappa shape index (κ3) is 4.97. The molecule has 5 nitrogen and oxygen atoms in total. The molecule has 142 valence electrons. The molecule has 0 aromatic heterocycles. The topological polar surface area (TPSA) is 61.8 Å². The zero-order valence-electron chi connectivity index (χ0n) is 16.2. The van der Waals surface area contributed by atoms with Gasteiger partial charge in [0.25, 0.3) is 0 Å². The van der Waals surface area contributed by atoms with E-state index in [9.17, 15) is 9.59 Å². The Hall–Kier alpha value is -3.08. The molecule has 27 heavy (non-hydrogen) atoms. The molecule has 0 aliphatic heterocycles. The Morgan fingerprint density at radius 2 is 1.78 bits per heavy atom. The van der Waals surface area contributed by atoms with Crippen LogP contribution >= 0.6 is 0 Å². The van der Waals surface area contributed by atoms with Crippen LogP contribution in [0.3, 0.4) is 0 Å². The molecule has 0 saturated heterocycles. The third-order valence-corrected chi connectivity index (χ3v) is 4.15. The summed E-state index contributed by atoms with van der Waals surface area (Å²) in [6, 6.07) is 11.0. The number of ether oxygens (including phenoxy) is 3. The molecule has 0 unspecified atom stereocenters. The molecule has 0 saturated carbocycles. The smallest absolute Gasteiger partial charge is 0.331 e. The Morgan fingerprint density at radius 3 is 2.44 bits per heavy atom. The molecule has 2 aromatic carbocycles. The first-order valence-electron chi connectivity index (χ1n) is 8.58. The van der Waals surface area contributed by atoms with Crippen molar-refractivity contribution in [2.24, 2.45) is 0 Å². The van der Waals surface area contributed by atoms with Crippen LogP contribution in [0, 0.1) is 13.8 Å². The lowest BCUT2D eigenvalue weighted by atomic mass is 9.99. The number of carbonyl (C=O) groups excluding carboxylic acids is 2. The highest BCUT2D eigenvalue weighted by atomic mass is 16.5. The van der Waals surface area contributed by atoms with Crippen LogP contribution in [-0.2, 0) is 9.53 Å². The van der Waals surface area contributed by atoms with E-state index >= 15 is 0 Å². The van der Waals surface area contributed by atoms with Crippen molar-refractivity contribution >= 4 is 17.8 Å². The fourth-order valence-corrected chi connectivity index (χ4v) is 2.69. The lowest BCUT2D eigenvalue weighted by molar-refractivity contribution is -0.140. The number of benzene rings is 2. The molecule has 0 fully saturated rings. The van der Waals surface area contributed by atoms with E-state index in [1.165, 1.54) is 13.2 Å². The van der Waals surface area contributed by atoms with Crippen molar-refractivity contribution in [3.8, 4) is 11.5 Å². The minimum Gasteiger partial charge on any atom is -0.493 e. The fraction of sp³-hybridized carbons (Fsp3) is 0.273. The number of rotatable bonds is 7. The van der Waals surface area contributed by atoms with Crippen molar-refractivity contribution in [3.63, 3.8) is 0 Å². The molecule has 0 spiro atoms. The van der Waals surface area contributed by atoms with E-state index in [1.807, 2.05) is 26.0 Å².